The molecule has 0 aliphatic rings. The minimum atomic E-state index is -0.0356. The number of ether oxygens (including phenoxy) is 2. The zero-order chi connectivity index (χ0) is 13.8. The van der Waals surface area contributed by atoms with E-state index in [1.807, 2.05) is 0 Å². The molecular formula is C11H8Cl3N3O2. The Morgan fingerprint density at radius 1 is 1.05 bits per heavy atom. The molecule has 0 aliphatic carbocycles. The second-order valence-corrected chi connectivity index (χ2v) is 4.38. The second-order valence-electron chi connectivity index (χ2n) is 3.26. The largest absolute Gasteiger partial charge is 0.464 e. The van der Waals surface area contributed by atoms with Gasteiger partial charge in [-0.1, -0.05) is 29.3 Å². The van der Waals surface area contributed by atoms with Crippen LogP contribution in [0, 0.1) is 0 Å². The third-order valence-electron chi connectivity index (χ3n) is 1.96. The van der Waals surface area contributed by atoms with Crippen LogP contribution >= 0.6 is 34.8 Å². The number of benzene rings is 1. The van der Waals surface area contributed by atoms with Gasteiger partial charge in [-0.2, -0.15) is 9.97 Å². The monoisotopic (exact) mass is 319 g/mol. The summed E-state index contributed by atoms with van der Waals surface area (Å²) in [5.41, 5.74) is 0. The zero-order valence-electron chi connectivity index (χ0n) is 9.73. The Morgan fingerprint density at radius 2 is 1.79 bits per heavy atom. The summed E-state index contributed by atoms with van der Waals surface area (Å²) in [7, 11) is 0. The first-order valence-electron chi connectivity index (χ1n) is 5.26. The van der Waals surface area contributed by atoms with Crippen molar-refractivity contribution < 1.29 is 9.47 Å². The maximum Gasteiger partial charge on any atom is 0.329 e. The average molecular weight is 321 g/mol. The van der Waals surface area contributed by atoms with E-state index in [-0.39, 0.29) is 22.3 Å². The van der Waals surface area contributed by atoms with Crippen LogP contribution in [0.3, 0.4) is 0 Å². The van der Waals surface area contributed by atoms with Crippen molar-refractivity contribution in [2.45, 2.75) is 6.92 Å². The molecule has 1 aromatic carbocycles. The molecule has 0 N–H and O–H groups in total. The molecule has 0 spiro atoms. The molecule has 0 bridgehead atoms. The van der Waals surface area contributed by atoms with Gasteiger partial charge in [0, 0.05) is 0 Å². The molecule has 2 aromatic rings. The van der Waals surface area contributed by atoms with Crippen molar-refractivity contribution in [1.82, 2.24) is 15.0 Å². The first-order valence-corrected chi connectivity index (χ1v) is 6.39. The van der Waals surface area contributed by atoms with Crippen molar-refractivity contribution in [2.24, 2.45) is 0 Å². The van der Waals surface area contributed by atoms with Gasteiger partial charge >= 0.3 is 12.0 Å². The molecule has 0 saturated carbocycles. The summed E-state index contributed by atoms with van der Waals surface area (Å²) in [4.78, 5) is 11.5. The lowest BCUT2D eigenvalue weighted by molar-refractivity contribution is 0.303. The molecular weight excluding hydrogens is 312 g/mol. The summed E-state index contributed by atoms with van der Waals surface area (Å²) < 4.78 is 10.5. The van der Waals surface area contributed by atoms with Gasteiger partial charge in [0.15, 0.2) is 5.75 Å². The molecule has 0 fully saturated rings. The third kappa shape index (κ3) is 3.59. The molecule has 0 unspecified atom stereocenters. The van der Waals surface area contributed by atoms with Gasteiger partial charge in [-0.25, -0.2) is 0 Å². The Morgan fingerprint density at radius 3 is 2.53 bits per heavy atom. The van der Waals surface area contributed by atoms with E-state index < -0.39 is 0 Å². The van der Waals surface area contributed by atoms with Crippen LogP contribution in [0.1, 0.15) is 6.92 Å². The molecule has 0 atom stereocenters. The highest BCUT2D eigenvalue weighted by Crippen LogP contribution is 2.33. The number of nitrogens with zero attached hydrogens (tertiary/aromatic N) is 3. The van der Waals surface area contributed by atoms with E-state index >= 15 is 0 Å². The summed E-state index contributed by atoms with van der Waals surface area (Å²) in [6.45, 7) is 2.20. The number of halogens is 3. The van der Waals surface area contributed by atoms with Crippen molar-refractivity contribution in [2.75, 3.05) is 6.61 Å². The van der Waals surface area contributed by atoms with Gasteiger partial charge < -0.3 is 9.47 Å². The molecule has 0 radical (unpaired) electrons. The van der Waals surface area contributed by atoms with Crippen LogP contribution in [0.15, 0.2) is 18.2 Å². The molecule has 100 valence electrons. The van der Waals surface area contributed by atoms with Gasteiger partial charge in [-0.05, 0) is 30.7 Å². The standard InChI is InChI=1S/C11H8Cl3N3O2/c1-2-18-10-15-9(14)16-11(17-10)19-7-5-3-4-6(12)8(7)13/h3-5H,2H2,1H3. The maximum atomic E-state index is 5.99. The summed E-state index contributed by atoms with van der Waals surface area (Å²) in [6.07, 6.45) is 0. The smallest absolute Gasteiger partial charge is 0.329 e. The lowest BCUT2D eigenvalue weighted by Gasteiger charge is -2.07. The summed E-state index contributed by atoms with van der Waals surface area (Å²) in [5, 5.41) is 0.592. The van der Waals surface area contributed by atoms with E-state index in [4.69, 9.17) is 44.3 Å². The lowest BCUT2D eigenvalue weighted by Crippen LogP contribution is -2.01. The molecule has 0 saturated heterocycles. The normalized spacial score (nSPS) is 10.3. The Hall–Kier alpha value is -1.30. The van der Waals surface area contributed by atoms with E-state index in [0.717, 1.165) is 0 Å². The van der Waals surface area contributed by atoms with Crippen LogP contribution in [0.4, 0.5) is 0 Å². The molecule has 19 heavy (non-hydrogen) atoms. The van der Waals surface area contributed by atoms with E-state index in [1.165, 1.54) is 0 Å². The topological polar surface area (TPSA) is 57.1 Å². The van der Waals surface area contributed by atoms with E-state index in [1.54, 1.807) is 25.1 Å². The number of aromatic nitrogens is 3. The Balaban J connectivity index is 2.30. The first-order chi connectivity index (χ1) is 9.10. The SMILES string of the molecule is CCOc1nc(Cl)nc(Oc2cccc(Cl)c2Cl)n1. The Kier molecular flexibility index (Phi) is 4.63. The predicted molar refractivity (Wildman–Crippen MR) is 72.5 cm³/mol. The predicted octanol–water partition coefficient (Wildman–Crippen LogP) is 4.02. The fourth-order valence-electron chi connectivity index (χ4n) is 1.22. The van der Waals surface area contributed by atoms with Crippen LogP contribution < -0.4 is 9.47 Å². The lowest BCUT2D eigenvalue weighted by atomic mass is 10.3. The highest BCUT2D eigenvalue weighted by Gasteiger charge is 2.11. The third-order valence-corrected chi connectivity index (χ3v) is 2.93. The highest BCUT2D eigenvalue weighted by molar-refractivity contribution is 6.42. The van der Waals surface area contributed by atoms with Crippen molar-refractivity contribution in [1.29, 1.82) is 0 Å². The molecule has 0 amide bonds. The van der Waals surface area contributed by atoms with Gasteiger partial charge in [0.05, 0.1) is 11.6 Å². The number of rotatable bonds is 4. The number of hydrogen-bond donors (Lipinski definition) is 0. The van der Waals surface area contributed by atoms with Crippen LogP contribution in [0.2, 0.25) is 15.3 Å². The van der Waals surface area contributed by atoms with Crippen LogP contribution in [0.5, 0.6) is 17.8 Å². The molecule has 1 heterocycles. The molecule has 8 heteroatoms. The highest BCUT2D eigenvalue weighted by atomic mass is 35.5. The number of hydrogen-bond acceptors (Lipinski definition) is 5. The fourth-order valence-corrected chi connectivity index (χ4v) is 1.69. The van der Waals surface area contributed by atoms with E-state index in [2.05, 4.69) is 15.0 Å². The van der Waals surface area contributed by atoms with Gasteiger partial charge in [0.25, 0.3) is 0 Å². The van der Waals surface area contributed by atoms with Crippen molar-refractivity contribution in [3.05, 3.63) is 33.5 Å². The van der Waals surface area contributed by atoms with Gasteiger partial charge in [-0.3, -0.25) is 0 Å². The summed E-state index contributed by atoms with van der Waals surface area (Å²) in [6, 6.07) is 5.02. The van der Waals surface area contributed by atoms with E-state index in [0.29, 0.717) is 17.4 Å². The fraction of sp³-hybridized carbons (Fsp3) is 0.182. The van der Waals surface area contributed by atoms with Gasteiger partial charge in [-0.15, -0.1) is 4.98 Å². The quantitative estimate of drug-likeness (QED) is 0.851. The first kappa shape index (κ1) is 14.1. The minimum Gasteiger partial charge on any atom is -0.464 e. The molecule has 2 rings (SSSR count). The molecule has 1 aromatic heterocycles. The van der Waals surface area contributed by atoms with E-state index in [9.17, 15) is 0 Å². The Bertz CT molecular complexity index is 595. The second kappa shape index (κ2) is 6.23. The van der Waals surface area contributed by atoms with Crippen molar-refractivity contribution in [3.8, 4) is 17.8 Å². The van der Waals surface area contributed by atoms with Gasteiger partial charge in [0.1, 0.15) is 5.02 Å². The van der Waals surface area contributed by atoms with Crippen LogP contribution in [0.25, 0.3) is 0 Å². The molecule has 0 aliphatic heterocycles. The van der Waals surface area contributed by atoms with Crippen LogP contribution in [-0.2, 0) is 0 Å². The molecule has 5 nitrogen and oxygen atoms in total. The zero-order valence-corrected chi connectivity index (χ0v) is 12.0. The minimum absolute atomic E-state index is 0.0207. The van der Waals surface area contributed by atoms with Crippen LogP contribution in [-0.4, -0.2) is 21.6 Å². The summed E-state index contributed by atoms with van der Waals surface area (Å²) in [5.74, 6) is 0.318. The summed E-state index contributed by atoms with van der Waals surface area (Å²) >= 11 is 17.6. The average Bonchev–Trinajstić information content (AvgIpc) is 2.35. The van der Waals surface area contributed by atoms with Crippen molar-refractivity contribution >= 4 is 34.8 Å². The van der Waals surface area contributed by atoms with Crippen molar-refractivity contribution in [3.63, 3.8) is 0 Å². The maximum absolute atomic E-state index is 5.99. The van der Waals surface area contributed by atoms with Gasteiger partial charge in [0.2, 0.25) is 5.28 Å². The Labute approximate surface area is 124 Å².